The highest BCUT2D eigenvalue weighted by Gasteiger charge is 2.30. The number of amidine groups is 1. The van der Waals surface area contributed by atoms with Gasteiger partial charge in [-0.15, -0.1) is 0 Å². The van der Waals surface area contributed by atoms with Gasteiger partial charge in [-0.2, -0.15) is 0 Å². The van der Waals surface area contributed by atoms with Gasteiger partial charge in [0.05, 0.1) is 5.56 Å². The first-order valence-electron chi connectivity index (χ1n) is 3.86. The summed E-state index contributed by atoms with van der Waals surface area (Å²) in [6.07, 6.45) is 0. The van der Waals surface area contributed by atoms with Crippen LogP contribution in [0.5, 0.6) is 0 Å². The van der Waals surface area contributed by atoms with Gasteiger partial charge >= 0.3 is 5.97 Å². The van der Waals surface area contributed by atoms with Gasteiger partial charge in [-0.3, -0.25) is 0 Å². The van der Waals surface area contributed by atoms with Crippen LogP contribution in [0.3, 0.4) is 0 Å². The number of halogens is 5. The standard InChI is InChI=1S/C8H3F5N2O2/c9-3-1(7(14)15-13)2(8(16)17)4(10)6(12)5(3)11/h(H2,14,15)(H,16,17). The van der Waals surface area contributed by atoms with Crippen LogP contribution in [0.15, 0.2) is 5.21 Å². The van der Waals surface area contributed by atoms with Crippen molar-refractivity contribution in [3.8, 4) is 0 Å². The summed E-state index contributed by atoms with van der Waals surface area (Å²) in [4.78, 5) is 10.5. The summed E-state index contributed by atoms with van der Waals surface area (Å²) in [5.41, 5.74) is 1.61. The highest BCUT2D eigenvalue weighted by molar-refractivity contribution is 6.06. The van der Waals surface area contributed by atoms with E-state index in [1.165, 1.54) is 0 Å². The Kier molecular flexibility index (Phi) is 3.30. The van der Waals surface area contributed by atoms with Crippen LogP contribution in [0.1, 0.15) is 15.9 Å². The van der Waals surface area contributed by atoms with E-state index in [9.17, 15) is 26.8 Å². The minimum absolute atomic E-state index is 1.42. The van der Waals surface area contributed by atoms with Crippen molar-refractivity contribution >= 4 is 11.8 Å². The highest BCUT2D eigenvalue weighted by atomic mass is 19.2. The number of carbonyl (C=O) groups is 1. The minimum Gasteiger partial charge on any atom is -0.478 e. The van der Waals surface area contributed by atoms with E-state index in [4.69, 9.17) is 10.8 Å². The maximum Gasteiger partial charge on any atom is 0.339 e. The SMILES string of the molecule is NC(=NF)c1c(F)c(F)c(F)c(F)c1C(=O)O. The molecule has 4 nitrogen and oxygen atoms in total. The average Bonchev–Trinajstić information content (AvgIpc) is 2.29. The molecule has 0 radical (unpaired) electrons. The second kappa shape index (κ2) is 4.36. The molecule has 9 heteroatoms. The van der Waals surface area contributed by atoms with Crippen molar-refractivity contribution in [1.82, 2.24) is 0 Å². The summed E-state index contributed by atoms with van der Waals surface area (Å²) in [5.74, 6) is -12.6. The molecule has 0 unspecified atom stereocenters. The first kappa shape index (κ1) is 12.9. The Morgan fingerprint density at radius 3 is 1.76 bits per heavy atom. The van der Waals surface area contributed by atoms with Crippen molar-refractivity contribution in [2.75, 3.05) is 0 Å². The Bertz CT molecular complexity index is 529. The summed E-state index contributed by atoms with van der Waals surface area (Å²) in [6, 6.07) is 0. The number of hydrogen-bond donors (Lipinski definition) is 2. The molecule has 1 aromatic rings. The van der Waals surface area contributed by atoms with Gasteiger partial charge in [0.15, 0.2) is 29.1 Å². The number of nitrogens with two attached hydrogens (primary N) is 1. The third-order valence-electron chi connectivity index (χ3n) is 1.83. The molecular formula is C8H3F5N2O2. The summed E-state index contributed by atoms with van der Waals surface area (Å²) in [5, 5.41) is 10.2. The molecule has 0 amide bonds. The summed E-state index contributed by atoms with van der Waals surface area (Å²) >= 11 is 0. The van der Waals surface area contributed by atoms with Gasteiger partial charge in [0, 0.05) is 0 Å². The summed E-state index contributed by atoms with van der Waals surface area (Å²) < 4.78 is 63.5. The van der Waals surface area contributed by atoms with Gasteiger partial charge in [-0.1, -0.05) is 9.70 Å². The van der Waals surface area contributed by atoms with E-state index in [0.29, 0.717) is 0 Å². The molecule has 0 aromatic heterocycles. The van der Waals surface area contributed by atoms with Crippen LogP contribution in [0, 0.1) is 23.3 Å². The van der Waals surface area contributed by atoms with Crippen LogP contribution in [0.2, 0.25) is 0 Å². The number of rotatable bonds is 2. The number of nitrogens with zero attached hydrogens (tertiary/aromatic N) is 1. The highest BCUT2D eigenvalue weighted by Crippen LogP contribution is 2.24. The zero-order chi connectivity index (χ0) is 13.3. The van der Waals surface area contributed by atoms with E-state index in [1.54, 1.807) is 5.21 Å². The van der Waals surface area contributed by atoms with Crippen LogP contribution >= 0.6 is 0 Å². The lowest BCUT2D eigenvalue weighted by Gasteiger charge is -2.08. The van der Waals surface area contributed by atoms with Gasteiger partial charge < -0.3 is 10.8 Å². The van der Waals surface area contributed by atoms with Crippen molar-refractivity contribution in [2.24, 2.45) is 10.9 Å². The van der Waals surface area contributed by atoms with E-state index in [1.807, 2.05) is 0 Å². The second-order valence-electron chi connectivity index (χ2n) is 2.78. The molecule has 0 atom stereocenters. The van der Waals surface area contributed by atoms with Gasteiger partial charge in [-0.05, 0) is 0 Å². The Balaban J connectivity index is 3.85. The van der Waals surface area contributed by atoms with Crippen molar-refractivity contribution in [3.05, 3.63) is 34.4 Å². The molecule has 92 valence electrons. The molecule has 3 N–H and O–H groups in total. The number of hydrogen-bond acceptors (Lipinski definition) is 2. The van der Waals surface area contributed by atoms with Crippen LogP contribution < -0.4 is 5.73 Å². The lowest BCUT2D eigenvalue weighted by molar-refractivity contribution is 0.0689. The van der Waals surface area contributed by atoms with Crippen molar-refractivity contribution < 1.29 is 31.9 Å². The molecule has 1 aromatic carbocycles. The maximum absolute atomic E-state index is 13.1. The zero-order valence-electron chi connectivity index (χ0n) is 7.77. The molecule has 0 aliphatic heterocycles. The third-order valence-corrected chi connectivity index (χ3v) is 1.83. The Morgan fingerprint density at radius 1 is 1.00 bits per heavy atom. The summed E-state index contributed by atoms with van der Waals surface area (Å²) in [6.45, 7) is 0. The molecule has 17 heavy (non-hydrogen) atoms. The van der Waals surface area contributed by atoms with Crippen LogP contribution in [0.4, 0.5) is 22.0 Å². The monoisotopic (exact) mass is 254 g/mol. The number of carboxylic acid groups (broad SMARTS) is 1. The Hall–Kier alpha value is -2.19. The third kappa shape index (κ3) is 1.90. The first-order valence-corrected chi connectivity index (χ1v) is 3.86. The van der Waals surface area contributed by atoms with Crippen molar-refractivity contribution in [3.63, 3.8) is 0 Å². The predicted octanol–water partition coefficient (Wildman–Crippen LogP) is 1.53. The average molecular weight is 254 g/mol. The summed E-state index contributed by atoms with van der Waals surface area (Å²) in [7, 11) is 0. The first-order chi connectivity index (χ1) is 7.82. The smallest absolute Gasteiger partial charge is 0.339 e. The van der Waals surface area contributed by atoms with E-state index in [2.05, 4.69) is 0 Å². The van der Waals surface area contributed by atoms with Gasteiger partial charge in [0.2, 0.25) is 0 Å². The Morgan fingerprint density at radius 2 is 1.41 bits per heavy atom. The molecule has 0 bridgehead atoms. The largest absolute Gasteiger partial charge is 0.478 e. The van der Waals surface area contributed by atoms with E-state index in [0.717, 1.165) is 0 Å². The molecule has 0 spiro atoms. The fourth-order valence-corrected chi connectivity index (χ4v) is 1.12. The van der Waals surface area contributed by atoms with Gasteiger partial charge in [0.25, 0.3) is 0 Å². The molecule has 0 saturated carbocycles. The number of benzene rings is 1. The number of carboxylic acids is 1. The molecular weight excluding hydrogens is 251 g/mol. The van der Waals surface area contributed by atoms with E-state index >= 15 is 0 Å². The van der Waals surface area contributed by atoms with Crippen LogP contribution in [-0.4, -0.2) is 16.9 Å². The molecule has 0 heterocycles. The fourth-order valence-electron chi connectivity index (χ4n) is 1.12. The van der Waals surface area contributed by atoms with Crippen molar-refractivity contribution in [1.29, 1.82) is 0 Å². The molecule has 0 aliphatic rings. The topological polar surface area (TPSA) is 75.7 Å². The lowest BCUT2D eigenvalue weighted by atomic mass is 10.0. The van der Waals surface area contributed by atoms with Crippen LogP contribution in [0.25, 0.3) is 0 Å². The van der Waals surface area contributed by atoms with Gasteiger partial charge in [0.1, 0.15) is 5.56 Å². The second-order valence-corrected chi connectivity index (χ2v) is 2.78. The van der Waals surface area contributed by atoms with Crippen LogP contribution in [-0.2, 0) is 0 Å². The predicted molar refractivity (Wildman–Crippen MR) is 45.1 cm³/mol. The lowest BCUT2D eigenvalue weighted by Crippen LogP contribution is -2.23. The fraction of sp³-hybridized carbons (Fsp3) is 0. The molecule has 0 fully saturated rings. The quantitative estimate of drug-likeness (QED) is 0.276. The zero-order valence-corrected chi connectivity index (χ0v) is 7.77. The van der Waals surface area contributed by atoms with Gasteiger partial charge in [-0.25, -0.2) is 22.4 Å². The molecule has 0 aliphatic carbocycles. The Labute approximate surface area is 90.1 Å². The molecule has 1 rings (SSSR count). The van der Waals surface area contributed by atoms with E-state index in [-0.39, 0.29) is 0 Å². The van der Waals surface area contributed by atoms with E-state index < -0.39 is 46.2 Å². The minimum atomic E-state index is -2.34. The maximum atomic E-state index is 13.1. The number of aromatic carboxylic acids is 1. The van der Waals surface area contributed by atoms with Crippen molar-refractivity contribution in [2.45, 2.75) is 0 Å². The normalized spacial score (nSPS) is 11.7. The molecule has 0 saturated heterocycles.